The van der Waals surface area contributed by atoms with Crippen molar-refractivity contribution in [3.8, 4) is 0 Å². The third-order valence-electron chi connectivity index (χ3n) is 4.82. The number of esters is 2. The first-order chi connectivity index (χ1) is 13.8. The first-order valence-electron chi connectivity index (χ1n) is 9.70. The van der Waals surface area contributed by atoms with Crippen molar-refractivity contribution in [2.75, 3.05) is 11.9 Å². The van der Waals surface area contributed by atoms with Crippen LogP contribution in [0.5, 0.6) is 0 Å². The van der Waals surface area contributed by atoms with Gasteiger partial charge in [0.25, 0.3) is 5.91 Å². The largest absolute Gasteiger partial charge is 0.462 e. The number of thiophene rings is 1. The van der Waals surface area contributed by atoms with Crippen LogP contribution in [-0.2, 0) is 27.1 Å². The predicted molar refractivity (Wildman–Crippen MR) is 108 cm³/mol. The predicted octanol–water partition coefficient (Wildman–Crippen LogP) is 4.14. The molecule has 0 radical (unpaired) electrons. The maximum Gasteiger partial charge on any atom is 0.375 e. The van der Waals surface area contributed by atoms with E-state index in [1.54, 1.807) is 19.9 Å². The normalized spacial score (nSPS) is 16.6. The van der Waals surface area contributed by atoms with Crippen LogP contribution in [0, 0.1) is 12.8 Å². The minimum Gasteiger partial charge on any atom is -0.462 e. The highest BCUT2D eigenvalue weighted by atomic mass is 32.1. The van der Waals surface area contributed by atoms with E-state index in [4.69, 9.17) is 13.9 Å². The number of carbonyl (C=O) groups is 3. The number of carbonyl (C=O) groups excluding carboxylic acids is 3. The molecular weight excluding hydrogens is 394 g/mol. The van der Waals surface area contributed by atoms with Crippen LogP contribution >= 0.6 is 11.3 Å². The lowest BCUT2D eigenvalue weighted by molar-refractivity contribution is -0.123. The number of aryl methyl sites for hydroxylation is 1. The van der Waals surface area contributed by atoms with Crippen molar-refractivity contribution in [2.24, 2.45) is 5.92 Å². The van der Waals surface area contributed by atoms with Gasteiger partial charge in [0, 0.05) is 4.88 Å². The van der Waals surface area contributed by atoms with Crippen LogP contribution in [0.2, 0.25) is 0 Å². The van der Waals surface area contributed by atoms with Crippen LogP contribution in [0.15, 0.2) is 16.5 Å². The van der Waals surface area contributed by atoms with Gasteiger partial charge in [0.2, 0.25) is 5.76 Å². The summed E-state index contributed by atoms with van der Waals surface area (Å²) in [6.07, 6.45) is 1.57. The number of rotatable bonds is 6. The molecule has 0 unspecified atom stereocenters. The van der Waals surface area contributed by atoms with Gasteiger partial charge in [-0.25, -0.2) is 9.59 Å². The second-order valence-electron chi connectivity index (χ2n) is 7.22. The Morgan fingerprint density at radius 2 is 2.07 bits per heavy atom. The van der Waals surface area contributed by atoms with E-state index in [0.29, 0.717) is 22.2 Å². The molecular formula is C21H25NO6S. The van der Waals surface area contributed by atoms with Crippen molar-refractivity contribution in [1.82, 2.24) is 0 Å². The van der Waals surface area contributed by atoms with Crippen molar-refractivity contribution in [1.29, 1.82) is 0 Å². The van der Waals surface area contributed by atoms with E-state index in [9.17, 15) is 14.4 Å². The summed E-state index contributed by atoms with van der Waals surface area (Å²) < 4.78 is 15.6. The van der Waals surface area contributed by atoms with Gasteiger partial charge in [-0.3, -0.25) is 4.79 Å². The fourth-order valence-electron chi connectivity index (χ4n) is 3.29. The Bertz CT molecular complexity index is 928. The Labute approximate surface area is 173 Å². The summed E-state index contributed by atoms with van der Waals surface area (Å²) in [5.74, 6) is -0.534. The van der Waals surface area contributed by atoms with Gasteiger partial charge in [0.15, 0.2) is 6.10 Å². The molecule has 1 aliphatic carbocycles. The maximum atomic E-state index is 12.6. The third-order valence-corrected chi connectivity index (χ3v) is 5.99. The smallest absolute Gasteiger partial charge is 0.375 e. The van der Waals surface area contributed by atoms with Gasteiger partial charge >= 0.3 is 11.9 Å². The Morgan fingerprint density at radius 3 is 2.72 bits per heavy atom. The number of amides is 1. The molecule has 0 fully saturated rings. The third kappa shape index (κ3) is 4.70. The fraction of sp³-hybridized carbons (Fsp3) is 0.476. The number of anilines is 1. The van der Waals surface area contributed by atoms with Gasteiger partial charge in [0.1, 0.15) is 10.8 Å². The monoisotopic (exact) mass is 419 g/mol. The van der Waals surface area contributed by atoms with E-state index < -0.39 is 23.9 Å². The Balaban J connectivity index is 1.76. The van der Waals surface area contributed by atoms with Crippen LogP contribution < -0.4 is 5.32 Å². The molecule has 1 N–H and O–H groups in total. The first kappa shape index (κ1) is 21.1. The van der Waals surface area contributed by atoms with Crippen molar-refractivity contribution >= 4 is 34.2 Å². The fourth-order valence-corrected chi connectivity index (χ4v) is 4.69. The standard InChI is InChI=1S/C21H25NO6S/c1-5-26-21(25)17-14-8-6-11(2)10-16(14)29-19(17)22-18(23)13(4)28-20(24)15-9-7-12(3)27-15/h7,9,11,13H,5-6,8,10H2,1-4H3,(H,22,23)/t11-,13+/m0/s1. The molecule has 0 bridgehead atoms. The quantitative estimate of drug-likeness (QED) is 0.707. The zero-order valence-corrected chi connectivity index (χ0v) is 17.8. The summed E-state index contributed by atoms with van der Waals surface area (Å²) in [6.45, 7) is 7.35. The number of ether oxygens (including phenoxy) is 2. The topological polar surface area (TPSA) is 94.8 Å². The zero-order valence-electron chi connectivity index (χ0n) is 17.0. The summed E-state index contributed by atoms with van der Waals surface area (Å²) in [5.41, 5.74) is 1.38. The van der Waals surface area contributed by atoms with Gasteiger partial charge in [-0.1, -0.05) is 6.92 Å². The molecule has 1 amide bonds. The number of fused-ring (bicyclic) bond motifs is 1. The molecule has 2 aromatic heterocycles. The minimum atomic E-state index is -1.05. The van der Waals surface area contributed by atoms with Crippen molar-refractivity contribution in [2.45, 2.75) is 53.1 Å². The molecule has 0 spiro atoms. The molecule has 29 heavy (non-hydrogen) atoms. The molecule has 8 heteroatoms. The molecule has 2 heterocycles. The Kier molecular flexibility index (Phi) is 6.42. The highest BCUT2D eigenvalue weighted by Crippen LogP contribution is 2.40. The summed E-state index contributed by atoms with van der Waals surface area (Å²) >= 11 is 1.39. The highest BCUT2D eigenvalue weighted by Gasteiger charge is 2.30. The minimum absolute atomic E-state index is 0.0370. The average Bonchev–Trinajstić information content (AvgIpc) is 3.24. The van der Waals surface area contributed by atoms with Gasteiger partial charge < -0.3 is 19.2 Å². The van der Waals surface area contributed by atoms with E-state index in [1.807, 2.05) is 0 Å². The zero-order chi connectivity index (χ0) is 21.1. The molecule has 7 nitrogen and oxygen atoms in total. The van der Waals surface area contributed by atoms with Gasteiger partial charge in [-0.15, -0.1) is 11.3 Å². The molecule has 0 saturated carbocycles. The van der Waals surface area contributed by atoms with E-state index >= 15 is 0 Å². The number of furan rings is 1. The van der Waals surface area contributed by atoms with Crippen LogP contribution in [0.4, 0.5) is 5.00 Å². The molecule has 2 atom stereocenters. The Morgan fingerprint density at radius 1 is 1.31 bits per heavy atom. The number of hydrogen-bond acceptors (Lipinski definition) is 7. The lowest BCUT2D eigenvalue weighted by Crippen LogP contribution is -2.30. The molecule has 0 saturated heterocycles. The molecule has 0 aliphatic heterocycles. The van der Waals surface area contributed by atoms with Crippen LogP contribution in [0.3, 0.4) is 0 Å². The van der Waals surface area contributed by atoms with Crippen LogP contribution in [0.25, 0.3) is 0 Å². The van der Waals surface area contributed by atoms with Gasteiger partial charge in [-0.05, 0) is 63.6 Å². The average molecular weight is 419 g/mol. The summed E-state index contributed by atoms with van der Waals surface area (Å²) in [4.78, 5) is 38.4. The second kappa shape index (κ2) is 8.82. The second-order valence-corrected chi connectivity index (χ2v) is 8.33. The molecule has 1 aliphatic rings. The van der Waals surface area contributed by atoms with E-state index in [0.717, 1.165) is 29.7 Å². The number of hydrogen-bond donors (Lipinski definition) is 1. The van der Waals surface area contributed by atoms with Crippen LogP contribution in [0.1, 0.15) is 64.3 Å². The lowest BCUT2D eigenvalue weighted by Gasteiger charge is -2.18. The van der Waals surface area contributed by atoms with Crippen molar-refractivity contribution in [3.05, 3.63) is 39.7 Å². The molecule has 2 aromatic rings. The summed E-state index contributed by atoms with van der Waals surface area (Å²) in [7, 11) is 0. The van der Waals surface area contributed by atoms with Crippen molar-refractivity contribution in [3.63, 3.8) is 0 Å². The van der Waals surface area contributed by atoms with Gasteiger partial charge in [-0.2, -0.15) is 0 Å². The van der Waals surface area contributed by atoms with E-state index in [1.165, 1.54) is 24.3 Å². The van der Waals surface area contributed by atoms with E-state index in [2.05, 4.69) is 12.2 Å². The van der Waals surface area contributed by atoms with Gasteiger partial charge in [0.05, 0.1) is 12.2 Å². The molecule has 3 rings (SSSR count). The SMILES string of the molecule is CCOC(=O)c1c(NC(=O)[C@@H](C)OC(=O)c2ccc(C)o2)sc2c1CC[C@H](C)C2. The van der Waals surface area contributed by atoms with Crippen molar-refractivity contribution < 1.29 is 28.3 Å². The number of nitrogens with one attached hydrogen (secondary N) is 1. The first-order valence-corrected chi connectivity index (χ1v) is 10.5. The molecule has 0 aromatic carbocycles. The maximum absolute atomic E-state index is 12.6. The lowest BCUT2D eigenvalue weighted by atomic mass is 9.88. The highest BCUT2D eigenvalue weighted by molar-refractivity contribution is 7.17. The summed E-state index contributed by atoms with van der Waals surface area (Å²) in [6, 6.07) is 3.14. The summed E-state index contributed by atoms with van der Waals surface area (Å²) in [5, 5.41) is 3.20. The van der Waals surface area contributed by atoms with Crippen LogP contribution in [-0.4, -0.2) is 30.6 Å². The Hall–Kier alpha value is -2.61. The molecule has 156 valence electrons. The van der Waals surface area contributed by atoms with E-state index in [-0.39, 0.29) is 12.4 Å².